The summed E-state index contributed by atoms with van der Waals surface area (Å²) in [4.78, 5) is 12.4. The minimum atomic E-state index is -0.0963. The molecule has 0 fully saturated rings. The Morgan fingerprint density at radius 1 is 1.17 bits per heavy atom. The summed E-state index contributed by atoms with van der Waals surface area (Å²) in [5.41, 5.74) is 2.09. The fraction of sp³-hybridized carbons (Fsp3) is 0.333. The van der Waals surface area contributed by atoms with Gasteiger partial charge in [-0.25, -0.2) is 0 Å². The van der Waals surface area contributed by atoms with Crippen molar-refractivity contribution in [2.75, 3.05) is 21.3 Å². The summed E-state index contributed by atoms with van der Waals surface area (Å²) in [6, 6.07) is 3.57. The van der Waals surface area contributed by atoms with Gasteiger partial charge in [-0.05, 0) is 37.6 Å². The average Bonchev–Trinajstić information content (AvgIpc) is 2.99. The van der Waals surface area contributed by atoms with Gasteiger partial charge in [-0.15, -0.1) is 0 Å². The van der Waals surface area contributed by atoms with Gasteiger partial charge in [0.2, 0.25) is 5.75 Å². The van der Waals surface area contributed by atoms with Crippen molar-refractivity contribution in [3.05, 3.63) is 41.2 Å². The van der Waals surface area contributed by atoms with E-state index >= 15 is 0 Å². The Balaban J connectivity index is 2.31. The van der Waals surface area contributed by atoms with Crippen molar-refractivity contribution in [2.24, 2.45) is 0 Å². The predicted molar refractivity (Wildman–Crippen MR) is 92.1 cm³/mol. The highest BCUT2D eigenvalue weighted by Crippen LogP contribution is 2.38. The maximum atomic E-state index is 12.4. The van der Waals surface area contributed by atoms with Crippen LogP contribution in [-0.4, -0.2) is 36.9 Å². The number of rotatable bonds is 7. The minimum absolute atomic E-state index is 0.0963. The predicted octanol–water partition coefficient (Wildman–Crippen LogP) is 3.13. The maximum absolute atomic E-state index is 12.4. The van der Waals surface area contributed by atoms with Gasteiger partial charge in [-0.3, -0.25) is 9.48 Å². The normalized spacial score (nSPS) is 10.9. The van der Waals surface area contributed by atoms with Crippen molar-refractivity contribution >= 4 is 11.9 Å². The molecule has 1 aromatic carbocycles. The fourth-order valence-electron chi connectivity index (χ4n) is 2.38. The van der Waals surface area contributed by atoms with Crippen molar-refractivity contribution in [3.8, 4) is 17.2 Å². The van der Waals surface area contributed by atoms with E-state index in [-0.39, 0.29) is 5.78 Å². The Kier molecular flexibility index (Phi) is 5.63. The van der Waals surface area contributed by atoms with Crippen LogP contribution in [-0.2, 0) is 6.54 Å². The van der Waals surface area contributed by atoms with Crippen molar-refractivity contribution in [3.63, 3.8) is 0 Å². The van der Waals surface area contributed by atoms with Gasteiger partial charge in [-0.2, -0.15) is 5.10 Å². The molecule has 0 aliphatic heterocycles. The van der Waals surface area contributed by atoms with E-state index < -0.39 is 0 Å². The van der Waals surface area contributed by atoms with E-state index in [1.807, 2.05) is 13.8 Å². The van der Waals surface area contributed by atoms with Crippen LogP contribution in [0.25, 0.3) is 6.08 Å². The molecule has 0 aliphatic carbocycles. The number of hydrogen-bond donors (Lipinski definition) is 0. The highest BCUT2D eigenvalue weighted by molar-refractivity contribution is 6.07. The lowest BCUT2D eigenvalue weighted by Gasteiger charge is -2.12. The molecule has 0 saturated carbocycles. The third-order valence-electron chi connectivity index (χ3n) is 3.65. The molecule has 0 spiro atoms. The van der Waals surface area contributed by atoms with E-state index in [0.717, 1.165) is 17.8 Å². The van der Waals surface area contributed by atoms with Gasteiger partial charge in [0, 0.05) is 12.7 Å². The third-order valence-corrected chi connectivity index (χ3v) is 3.65. The molecule has 0 aliphatic rings. The van der Waals surface area contributed by atoms with Crippen molar-refractivity contribution in [1.82, 2.24) is 9.78 Å². The van der Waals surface area contributed by atoms with E-state index in [0.29, 0.717) is 22.8 Å². The molecule has 6 heteroatoms. The zero-order valence-corrected chi connectivity index (χ0v) is 14.6. The zero-order chi connectivity index (χ0) is 17.7. The molecule has 0 saturated heterocycles. The van der Waals surface area contributed by atoms with E-state index in [9.17, 15) is 4.79 Å². The molecular formula is C18H22N2O4. The van der Waals surface area contributed by atoms with Gasteiger partial charge in [0.15, 0.2) is 17.3 Å². The van der Waals surface area contributed by atoms with E-state index in [1.165, 1.54) is 6.08 Å². The number of benzene rings is 1. The first-order valence-electron chi connectivity index (χ1n) is 7.60. The summed E-state index contributed by atoms with van der Waals surface area (Å²) in [6.07, 6.45) is 5.00. The number of carbonyl (C=O) groups excluding carboxylic acids is 1. The third kappa shape index (κ3) is 3.59. The molecule has 1 aromatic heterocycles. The van der Waals surface area contributed by atoms with Crippen LogP contribution in [0.2, 0.25) is 0 Å². The lowest BCUT2D eigenvalue weighted by atomic mass is 10.1. The summed E-state index contributed by atoms with van der Waals surface area (Å²) in [5.74, 6) is 1.50. The van der Waals surface area contributed by atoms with Crippen molar-refractivity contribution in [1.29, 1.82) is 0 Å². The Bertz CT molecular complexity index is 737. The number of aryl methyl sites for hydroxylation is 2. The molecule has 2 rings (SSSR count). The second-order valence-electron chi connectivity index (χ2n) is 5.14. The Hall–Kier alpha value is -2.76. The molecule has 24 heavy (non-hydrogen) atoms. The monoisotopic (exact) mass is 330 g/mol. The van der Waals surface area contributed by atoms with Crippen molar-refractivity contribution in [2.45, 2.75) is 20.4 Å². The summed E-state index contributed by atoms with van der Waals surface area (Å²) < 4.78 is 17.7. The molecule has 1 heterocycles. The summed E-state index contributed by atoms with van der Waals surface area (Å²) in [7, 11) is 4.66. The quantitative estimate of drug-likeness (QED) is 0.576. The van der Waals surface area contributed by atoms with E-state index in [4.69, 9.17) is 14.2 Å². The maximum Gasteiger partial charge on any atom is 0.203 e. The average molecular weight is 330 g/mol. The Labute approximate surface area is 141 Å². The van der Waals surface area contributed by atoms with Crippen LogP contribution in [0.5, 0.6) is 17.2 Å². The molecule has 6 nitrogen and oxygen atoms in total. The summed E-state index contributed by atoms with van der Waals surface area (Å²) in [6.45, 7) is 4.53. The van der Waals surface area contributed by atoms with Gasteiger partial charge >= 0.3 is 0 Å². The highest BCUT2D eigenvalue weighted by atomic mass is 16.5. The van der Waals surface area contributed by atoms with Gasteiger partial charge in [-0.1, -0.05) is 6.08 Å². The summed E-state index contributed by atoms with van der Waals surface area (Å²) in [5, 5.41) is 4.29. The van der Waals surface area contributed by atoms with Gasteiger partial charge in [0.25, 0.3) is 0 Å². The van der Waals surface area contributed by atoms with Crippen LogP contribution in [0, 0.1) is 6.92 Å². The zero-order valence-electron chi connectivity index (χ0n) is 14.6. The standard InChI is InChI=1S/C18H22N2O4/c1-6-20-11-14(12(2)19-20)15(21)8-7-13-9-16(22-3)18(24-5)17(10-13)23-4/h7-11H,6H2,1-5H3/b8-7+. The van der Waals surface area contributed by atoms with E-state index in [1.54, 1.807) is 50.4 Å². The fourth-order valence-corrected chi connectivity index (χ4v) is 2.38. The number of ketones is 1. The van der Waals surface area contributed by atoms with Crippen molar-refractivity contribution < 1.29 is 19.0 Å². The van der Waals surface area contributed by atoms with Crippen LogP contribution in [0.3, 0.4) is 0 Å². The van der Waals surface area contributed by atoms with Gasteiger partial charge in [0.05, 0.1) is 32.6 Å². The second-order valence-corrected chi connectivity index (χ2v) is 5.14. The van der Waals surface area contributed by atoms with Crippen LogP contribution < -0.4 is 14.2 Å². The second kappa shape index (κ2) is 7.68. The van der Waals surface area contributed by atoms with Crippen LogP contribution >= 0.6 is 0 Å². The highest BCUT2D eigenvalue weighted by Gasteiger charge is 2.13. The summed E-state index contributed by atoms with van der Waals surface area (Å²) >= 11 is 0. The molecule has 0 bridgehead atoms. The number of nitrogens with zero attached hydrogens (tertiary/aromatic N) is 2. The number of ether oxygens (including phenoxy) is 3. The van der Waals surface area contributed by atoms with E-state index in [2.05, 4.69) is 5.10 Å². The molecule has 0 unspecified atom stereocenters. The first-order chi connectivity index (χ1) is 11.5. The number of hydrogen-bond acceptors (Lipinski definition) is 5. The first-order valence-corrected chi connectivity index (χ1v) is 7.60. The number of methoxy groups -OCH3 is 3. The number of aromatic nitrogens is 2. The van der Waals surface area contributed by atoms with Gasteiger partial charge < -0.3 is 14.2 Å². The van der Waals surface area contributed by atoms with Crippen LogP contribution in [0.4, 0.5) is 0 Å². The molecular weight excluding hydrogens is 308 g/mol. The van der Waals surface area contributed by atoms with Gasteiger partial charge in [0.1, 0.15) is 0 Å². The lowest BCUT2D eigenvalue weighted by Crippen LogP contribution is -1.97. The molecule has 0 radical (unpaired) electrons. The van der Waals surface area contributed by atoms with Crippen LogP contribution in [0.15, 0.2) is 24.4 Å². The topological polar surface area (TPSA) is 62.6 Å². The largest absolute Gasteiger partial charge is 0.493 e. The molecule has 0 N–H and O–H groups in total. The molecule has 0 atom stereocenters. The smallest absolute Gasteiger partial charge is 0.203 e. The molecule has 128 valence electrons. The van der Waals surface area contributed by atoms with Crippen LogP contribution in [0.1, 0.15) is 28.5 Å². The first kappa shape index (κ1) is 17.6. The SMILES string of the molecule is CCn1cc(C(=O)/C=C/c2cc(OC)c(OC)c(OC)c2)c(C)n1. The Morgan fingerprint density at radius 2 is 1.79 bits per heavy atom. The molecule has 0 amide bonds. The number of allylic oxidation sites excluding steroid dienone is 1. The molecule has 2 aromatic rings. The lowest BCUT2D eigenvalue weighted by molar-refractivity contribution is 0.104. The minimum Gasteiger partial charge on any atom is -0.493 e. The Morgan fingerprint density at radius 3 is 2.25 bits per heavy atom. The number of carbonyl (C=O) groups is 1.